The predicted molar refractivity (Wildman–Crippen MR) is 126 cm³/mol. The van der Waals surface area contributed by atoms with Gasteiger partial charge in [0, 0.05) is 0 Å². The zero-order chi connectivity index (χ0) is 21.4. The van der Waals surface area contributed by atoms with Crippen LogP contribution in [0.15, 0.2) is 31.5 Å². The molecule has 0 bridgehead atoms. The molecule has 1 aromatic carbocycles. The van der Waals surface area contributed by atoms with Crippen LogP contribution in [0.3, 0.4) is 0 Å². The zero-order valence-corrected chi connectivity index (χ0v) is 22.0. The summed E-state index contributed by atoms with van der Waals surface area (Å²) in [5, 5.41) is 0.933. The normalized spacial score (nSPS) is 12.7. The molecule has 2 aromatic rings. The van der Waals surface area contributed by atoms with Gasteiger partial charge in [-0.05, 0) is 0 Å². The van der Waals surface area contributed by atoms with Gasteiger partial charge in [0.05, 0.1) is 0 Å². The van der Waals surface area contributed by atoms with E-state index in [4.69, 9.17) is 27.6 Å². The Kier molecular flexibility index (Phi) is 10.0. The van der Waals surface area contributed by atoms with E-state index in [0.29, 0.717) is 10.4 Å². The summed E-state index contributed by atoms with van der Waals surface area (Å²) in [6.45, 7) is 6.47. The molecule has 0 spiro atoms. The summed E-state index contributed by atoms with van der Waals surface area (Å²) in [4.78, 5) is 13.0. The average Bonchev–Trinajstić information content (AvgIpc) is 2.70. The topological polar surface area (TPSA) is 30.2 Å². The number of rotatable bonds is 11. The zero-order valence-electron chi connectivity index (χ0n) is 17.6. The van der Waals surface area contributed by atoms with Crippen LogP contribution in [0.25, 0.3) is 17.0 Å². The van der Waals surface area contributed by atoms with Crippen molar-refractivity contribution in [2.75, 3.05) is 0 Å². The van der Waals surface area contributed by atoms with Gasteiger partial charge in [-0.15, -0.1) is 0 Å². The minimum absolute atomic E-state index is 0.00516. The van der Waals surface area contributed by atoms with Crippen molar-refractivity contribution < 1.29 is 8.81 Å². The first-order valence-electron chi connectivity index (χ1n) is 10.7. The van der Waals surface area contributed by atoms with Crippen molar-refractivity contribution in [3.8, 4) is 0 Å². The number of hydrogen-bond donors (Lipinski definition) is 0. The molecule has 29 heavy (non-hydrogen) atoms. The van der Waals surface area contributed by atoms with E-state index in [1.807, 2.05) is 0 Å². The molecule has 160 valence electrons. The maximum atomic E-state index is 15.8. The van der Waals surface area contributed by atoms with Crippen LogP contribution in [0.1, 0.15) is 64.9 Å². The quantitative estimate of drug-likeness (QED) is 0.263. The van der Waals surface area contributed by atoms with Crippen molar-refractivity contribution in [3.63, 3.8) is 0 Å². The van der Waals surface area contributed by atoms with E-state index >= 15 is 4.39 Å². The molecular weight excluding hydrogens is 517 g/mol. The number of halogens is 3. The fourth-order valence-corrected chi connectivity index (χ4v) is 18.7. The molecule has 1 heterocycles. The Labute approximate surface area is 187 Å². The Morgan fingerprint density at radius 3 is 2.10 bits per heavy atom. The van der Waals surface area contributed by atoms with E-state index in [2.05, 4.69) is 20.8 Å². The molecule has 0 amide bonds. The molecule has 0 saturated carbocycles. The van der Waals surface area contributed by atoms with Crippen molar-refractivity contribution in [1.29, 1.82) is 0 Å². The standard InChI is InChI=1S/C11H4Cl2FO2.3C4H9.Sn/c12-7-3-8-10(15)6(1-2-14)5-16-11(8)9(13)4-7;3*1-3-4-2;/h1,3-5H;3*1,3-4H2,2H3;. The van der Waals surface area contributed by atoms with Crippen molar-refractivity contribution in [3.05, 3.63) is 48.1 Å². The average molecular weight is 548 g/mol. The Morgan fingerprint density at radius 2 is 1.59 bits per heavy atom. The number of unbranched alkanes of at least 4 members (excludes halogenated alkanes) is 3. The Bertz CT molecular complexity index is 886. The Hall–Kier alpha value is -0.521. The van der Waals surface area contributed by atoms with Crippen LogP contribution < -0.4 is 5.43 Å². The summed E-state index contributed by atoms with van der Waals surface area (Å²) in [6.07, 6.45) is 9.18. The van der Waals surface area contributed by atoms with Gasteiger partial charge in [0.15, 0.2) is 0 Å². The molecule has 2 rings (SSSR count). The summed E-state index contributed by atoms with van der Waals surface area (Å²) in [7, 11) is 0. The van der Waals surface area contributed by atoms with Crippen LogP contribution in [0.5, 0.6) is 0 Å². The summed E-state index contributed by atoms with van der Waals surface area (Å²) in [5.41, 5.74) is 0.253. The van der Waals surface area contributed by atoms with Gasteiger partial charge in [-0.25, -0.2) is 0 Å². The third kappa shape index (κ3) is 6.24. The van der Waals surface area contributed by atoms with Crippen LogP contribution in [0, 0.1) is 0 Å². The monoisotopic (exact) mass is 548 g/mol. The SMILES string of the molecule is CCC[CH2][Sn]([CH2]CCC)([CH2]CCC)/[C](F)=C/c1coc2c(Cl)cc(Cl)cc2c1=O. The fourth-order valence-electron chi connectivity index (χ4n) is 3.85. The molecule has 6 heteroatoms. The number of fused-ring (bicyclic) bond motifs is 1. The van der Waals surface area contributed by atoms with E-state index in [-0.39, 0.29) is 25.4 Å². The molecule has 0 atom stereocenters. The molecule has 0 aliphatic carbocycles. The van der Waals surface area contributed by atoms with Gasteiger partial charge in [0.25, 0.3) is 0 Å². The molecular formula is C23H31Cl2FO2Sn. The van der Waals surface area contributed by atoms with Crippen molar-refractivity contribution in [2.45, 2.75) is 72.6 Å². The Balaban J connectivity index is 2.54. The van der Waals surface area contributed by atoms with Gasteiger partial charge in [-0.2, -0.15) is 0 Å². The first kappa shape index (κ1) is 24.7. The second-order valence-electron chi connectivity index (χ2n) is 7.87. The third-order valence-corrected chi connectivity index (χ3v) is 20.7. The van der Waals surface area contributed by atoms with Crippen LogP contribution in [-0.4, -0.2) is 18.4 Å². The van der Waals surface area contributed by atoms with E-state index in [0.717, 1.165) is 51.8 Å². The predicted octanol–water partition coefficient (Wildman–Crippen LogP) is 8.80. The Morgan fingerprint density at radius 1 is 1.03 bits per heavy atom. The van der Waals surface area contributed by atoms with E-state index in [1.165, 1.54) is 24.5 Å². The van der Waals surface area contributed by atoms with Gasteiger partial charge in [0.1, 0.15) is 0 Å². The summed E-state index contributed by atoms with van der Waals surface area (Å²) in [5.74, 6) is 0. The summed E-state index contributed by atoms with van der Waals surface area (Å²) >= 11 is 8.99. The molecule has 0 aliphatic heterocycles. The van der Waals surface area contributed by atoms with Crippen molar-refractivity contribution >= 4 is 58.6 Å². The van der Waals surface area contributed by atoms with Crippen molar-refractivity contribution in [2.24, 2.45) is 0 Å². The summed E-state index contributed by atoms with van der Waals surface area (Å²) < 4.78 is 24.4. The van der Waals surface area contributed by atoms with Gasteiger partial charge in [-0.1, -0.05) is 0 Å². The van der Waals surface area contributed by atoms with E-state index in [9.17, 15) is 4.79 Å². The molecule has 2 nitrogen and oxygen atoms in total. The minimum atomic E-state index is -3.20. The van der Waals surface area contributed by atoms with Gasteiger partial charge in [0.2, 0.25) is 0 Å². The molecule has 0 aliphatic rings. The first-order chi connectivity index (χ1) is 13.9. The second-order valence-corrected chi connectivity index (χ2v) is 21.7. The van der Waals surface area contributed by atoms with E-state index in [1.54, 1.807) is 0 Å². The van der Waals surface area contributed by atoms with Gasteiger partial charge in [-0.3, -0.25) is 0 Å². The molecule has 0 fully saturated rings. The fraction of sp³-hybridized carbons (Fsp3) is 0.522. The molecule has 0 saturated heterocycles. The van der Waals surface area contributed by atoms with Crippen LogP contribution in [-0.2, 0) is 0 Å². The van der Waals surface area contributed by atoms with E-state index < -0.39 is 18.4 Å². The third-order valence-electron chi connectivity index (χ3n) is 5.63. The van der Waals surface area contributed by atoms with Gasteiger partial charge < -0.3 is 0 Å². The molecule has 1 aromatic heterocycles. The van der Waals surface area contributed by atoms with Crippen LogP contribution >= 0.6 is 23.2 Å². The van der Waals surface area contributed by atoms with Crippen LogP contribution in [0.4, 0.5) is 4.39 Å². The number of benzene rings is 1. The first-order valence-corrected chi connectivity index (χ1v) is 18.9. The van der Waals surface area contributed by atoms with Gasteiger partial charge >= 0.3 is 188 Å². The molecule has 0 radical (unpaired) electrons. The summed E-state index contributed by atoms with van der Waals surface area (Å²) in [6, 6.07) is 3.07. The second kappa shape index (κ2) is 11.8. The maximum absolute atomic E-state index is 15.8. The van der Waals surface area contributed by atoms with Crippen molar-refractivity contribution in [1.82, 2.24) is 0 Å². The number of hydrogen-bond acceptors (Lipinski definition) is 2. The molecule has 0 unspecified atom stereocenters. The van der Waals surface area contributed by atoms with Crippen LogP contribution in [0.2, 0.25) is 23.4 Å². The molecule has 0 N–H and O–H groups in total.